The molecule has 0 unspecified atom stereocenters. The van der Waals surface area contributed by atoms with E-state index in [0.717, 1.165) is 63.0 Å². The lowest BCUT2D eigenvalue weighted by Gasteiger charge is -2.30. The lowest BCUT2D eigenvalue weighted by molar-refractivity contribution is -0.122. The van der Waals surface area contributed by atoms with Crippen molar-refractivity contribution in [1.29, 1.82) is 0 Å². The fraction of sp³-hybridized carbons (Fsp3) is 0.625. The maximum absolute atomic E-state index is 12.3. The van der Waals surface area contributed by atoms with E-state index in [1.165, 1.54) is 19.8 Å². The van der Waals surface area contributed by atoms with Crippen LogP contribution in [0.2, 0.25) is 0 Å². The summed E-state index contributed by atoms with van der Waals surface area (Å²) < 4.78 is 5.43. The topological polar surface area (TPSA) is 113 Å². The summed E-state index contributed by atoms with van der Waals surface area (Å²) in [5.74, 6) is 1.78. The SMILES string of the molecule is CC(=O)NC1(c2noc(CCC(=O)NCc3ccc(N4CCCC4)nc3)n2)CCCCCC1. The van der Waals surface area contributed by atoms with Gasteiger partial charge in [-0.3, -0.25) is 9.59 Å². The average molecular weight is 455 g/mol. The average Bonchev–Trinajstić information content (AvgIpc) is 3.47. The first kappa shape index (κ1) is 23.2. The molecule has 2 aliphatic rings. The molecule has 0 aromatic carbocycles. The van der Waals surface area contributed by atoms with Gasteiger partial charge in [0, 0.05) is 45.6 Å². The Kier molecular flexibility index (Phi) is 7.57. The Morgan fingerprint density at radius 1 is 1.09 bits per heavy atom. The van der Waals surface area contributed by atoms with E-state index >= 15 is 0 Å². The van der Waals surface area contributed by atoms with Crippen LogP contribution in [0.4, 0.5) is 5.82 Å². The molecular weight excluding hydrogens is 420 g/mol. The zero-order valence-corrected chi connectivity index (χ0v) is 19.4. The molecule has 0 spiro atoms. The van der Waals surface area contributed by atoms with E-state index in [-0.39, 0.29) is 18.2 Å². The van der Waals surface area contributed by atoms with E-state index in [1.54, 1.807) is 0 Å². The van der Waals surface area contributed by atoms with Crippen molar-refractivity contribution in [3.8, 4) is 0 Å². The number of pyridine rings is 1. The second kappa shape index (κ2) is 10.8. The quantitative estimate of drug-likeness (QED) is 0.590. The van der Waals surface area contributed by atoms with Gasteiger partial charge in [-0.2, -0.15) is 4.98 Å². The highest BCUT2D eigenvalue weighted by Crippen LogP contribution is 2.34. The highest BCUT2D eigenvalue weighted by molar-refractivity contribution is 5.76. The molecule has 4 rings (SSSR count). The number of carbonyl (C=O) groups excluding carboxylic acids is 2. The molecule has 2 amide bonds. The molecule has 1 aliphatic carbocycles. The van der Waals surface area contributed by atoms with E-state index in [2.05, 4.69) is 30.7 Å². The van der Waals surface area contributed by atoms with Crippen LogP contribution in [0.1, 0.15) is 82.0 Å². The summed E-state index contributed by atoms with van der Waals surface area (Å²) in [5.41, 5.74) is 0.401. The summed E-state index contributed by atoms with van der Waals surface area (Å²) in [6.07, 6.45) is 10.8. The molecule has 0 bridgehead atoms. The number of hydrogen-bond acceptors (Lipinski definition) is 7. The Morgan fingerprint density at radius 3 is 2.52 bits per heavy atom. The first-order valence-corrected chi connectivity index (χ1v) is 12.1. The van der Waals surface area contributed by atoms with Crippen LogP contribution in [-0.2, 0) is 28.1 Å². The first-order valence-electron chi connectivity index (χ1n) is 12.1. The van der Waals surface area contributed by atoms with Gasteiger partial charge < -0.3 is 20.1 Å². The predicted molar refractivity (Wildman–Crippen MR) is 123 cm³/mol. The van der Waals surface area contributed by atoms with Crippen molar-refractivity contribution < 1.29 is 14.1 Å². The largest absolute Gasteiger partial charge is 0.357 e. The van der Waals surface area contributed by atoms with Gasteiger partial charge in [-0.25, -0.2) is 4.98 Å². The van der Waals surface area contributed by atoms with E-state index in [9.17, 15) is 9.59 Å². The maximum Gasteiger partial charge on any atom is 0.227 e. The fourth-order valence-corrected chi connectivity index (χ4v) is 4.79. The van der Waals surface area contributed by atoms with Crippen LogP contribution in [-0.4, -0.2) is 40.0 Å². The second-order valence-corrected chi connectivity index (χ2v) is 9.18. The molecule has 9 heteroatoms. The molecule has 1 saturated carbocycles. The van der Waals surface area contributed by atoms with Crippen LogP contribution in [0.15, 0.2) is 22.9 Å². The van der Waals surface area contributed by atoms with Gasteiger partial charge in [0.05, 0.1) is 0 Å². The summed E-state index contributed by atoms with van der Waals surface area (Å²) in [6, 6.07) is 4.03. The normalized spacial score (nSPS) is 18.0. The van der Waals surface area contributed by atoms with Gasteiger partial charge in [0.15, 0.2) is 5.82 Å². The van der Waals surface area contributed by atoms with E-state index < -0.39 is 5.54 Å². The molecular formula is C24H34N6O3. The minimum atomic E-state index is -0.569. The molecule has 2 N–H and O–H groups in total. The number of carbonyl (C=O) groups is 2. The third kappa shape index (κ3) is 6.09. The number of nitrogens with one attached hydrogen (secondary N) is 2. The van der Waals surface area contributed by atoms with Crippen LogP contribution in [0, 0.1) is 0 Å². The molecule has 2 aromatic rings. The van der Waals surface area contributed by atoms with Crippen molar-refractivity contribution in [2.75, 3.05) is 18.0 Å². The van der Waals surface area contributed by atoms with Gasteiger partial charge in [0.25, 0.3) is 0 Å². The lowest BCUT2D eigenvalue weighted by atomic mass is 9.89. The number of rotatable bonds is 8. The summed E-state index contributed by atoms with van der Waals surface area (Å²) in [6.45, 7) is 4.08. The highest BCUT2D eigenvalue weighted by Gasteiger charge is 2.38. The molecule has 1 saturated heterocycles. The molecule has 33 heavy (non-hydrogen) atoms. The number of aromatic nitrogens is 3. The van der Waals surface area contributed by atoms with Crippen molar-refractivity contribution in [3.63, 3.8) is 0 Å². The zero-order chi connectivity index (χ0) is 23.1. The van der Waals surface area contributed by atoms with Crippen LogP contribution >= 0.6 is 0 Å². The Hall–Kier alpha value is -2.97. The number of hydrogen-bond donors (Lipinski definition) is 2. The molecule has 0 atom stereocenters. The molecule has 1 aliphatic heterocycles. The van der Waals surface area contributed by atoms with Gasteiger partial charge >= 0.3 is 0 Å². The summed E-state index contributed by atoms with van der Waals surface area (Å²) >= 11 is 0. The maximum atomic E-state index is 12.3. The highest BCUT2D eigenvalue weighted by atomic mass is 16.5. The summed E-state index contributed by atoms with van der Waals surface area (Å²) in [5, 5.41) is 10.2. The van der Waals surface area contributed by atoms with Crippen molar-refractivity contribution in [2.45, 2.75) is 83.2 Å². The van der Waals surface area contributed by atoms with Gasteiger partial charge in [-0.05, 0) is 37.3 Å². The number of amides is 2. The fourth-order valence-electron chi connectivity index (χ4n) is 4.79. The summed E-state index contributed by atoms with van der Waals surface area (Å²) in [7, 11) is 0. The minimum Gasteiger partial charge on any atom is -0.357 e. The van der Waals surface area contributed by atoms with E-state index in [4.69, 9.17) is 4.52 Å². The van der Waals surface area contributed by atoms with Crippen LogP contribution in [0.3, 0.4) is 0 Å². The van der Waals surface area contributed by atoms with Crippen LogP contribution in [0.25, 0.3) is 0 Å². The van der Waals surface area contributed by atoms with Crippen molar-refractivity contribution >= 4 is 17.6 Å². The molecule has 2 fully saturated rings. The van der Waals surface area contributed by atoms with Crippen molar-refractivity contribution in [1.82, 2.24) is 25.8 Å². The third-order valence-corrected chi connectivity index (χ3v) is 6.56. The second-order valence-electron chi connectivity index (χ2n) is 9.18. The smallest absolute Gasteiger partial charge is 0.227 e. The molecule has 0 radical (unpaired) electrons. The Balaban J connectivity index is 1.27. The van der Waals surface area contributed by atoms with Crippen molar-refractivity contribution in [3.05, 3.63) is 35.6 Å². The van der Waals surface area contributed by atoms with Crippen LogP contribution < -0.4 is 15.5 Å². The summed E-state index contributed by atoms with van der Waals surface area (Å²) in [4.78, 5) is 35.5. The van der Waals surface area contributed by atoms with Crippen molar-refractivity contribution in [2.24, 2.45) is 0 Å². The van der Waals surface area contributed by atoms with Crippen LogP contribution in [0.5, 0.6) is 0 Å². The molecule has 9 nitrogen and oxygen atoms in total. The Bertz CT molecular complexity index is 928. The van der Waals surface area contributed by atoms with Gasteiger partial charge in [-0.15, -0.1) is 0 Å². The van der Waals surface area contributed by atoms with E-state index in [1.807, 2.05) is 18.3 Å². The predicted octanol–water partition coefficient (Wildman–Crippen LogP) is 3.00. The first-order chi connectivity index (χ1) is 16.0. The third-order valence-electron chi connectivity index (χ3n) is 6.56. The molecule has 2 aromatic heterocycles. The van der Waals surface area contributed by atoms with Gasteiger partial charge in [0.1, 0.15) is 11.4 Å². The number of anilines is 1. The number of aryl methyl sites for hydroxylation is 1. The minimum absolute atomic E-state index is 0.0792. The Labute approximate surface area is 194 Å². The zero-order valence-electron chi connectivity index (χ0n) is 19.4. The monoisotopic (exact) mass is 454 g/mol. The van der Waals surface area contributed by atoms with Gasteiger partial charge in [-0.1, -0.05) is 36.9 Å². The Morgan fingerprint density at radius 2 is 1.85 bits per heavy atom. The molecule has 178 valence electrons. The van der Waals surface area contributed by atoms with E-state index in [0.29, 0.717) is 24.7 Å². The van der Waals surface area contributed by atoms with Gasteiger partial charge in [0.2, 0.25) is 17.7 Å². The standard InChI is InChI=1S/C24H34N6O3/c1-18(31)28-24(12-4-2-3-5-13-24)23-27-22(33-29-23)11-10-21(32)26-17-19-8-9-20(25-16-19)30-14-6-7-15-30/h8-9,16H,2-7,10-15,17H2,1H3,(H,26,32)(H,28,31). The molecule has 3 heterocycles. The lowest BCUT2D eigenvalue weighted by Crippen LogP contribution is -2.45. The number of nitrogens with zero attached hydrogens (tertiary/aromatic N) is 4.